The molecule has 4 nitrogen and oxygen atoms in total. The van der Waals surface area contributed by atoms with Crippen LogP contribution < -0.4 is 10.6 Å². The van der Waals surface area contributed by atoms with E-state index in [1.807, 2.05) is 36.4 Å². The Morgan fingerprint density at radius 2 is 1.73 bits per heavy atom. The van der Waals surface area contributed by atoms with E-state index in [9.17, 15) is 4.79 Å². The molecule has 7 heteroatoms. The van der Waals surface area contributed by atoms with E-state index in [2.05, 4.69) is 26.6 Å². The van der Waals surface area contributed by atoms with Gasteiger partial charge in [0.15, 0.2) is 5.11 Å². The van der Waals surface area contributed by atoms with Crippen LogP contribution in [-0.4, -0.2) is 11.0 Å². The molecule has 0 atom stereocenters. The van der Waals surface area contributed by atoms with Crippen molar-refractivity contribution in [2.24, 2.45) is 0 Å². The fourth-order valence-electron chi connectivity index (χ4n) is 2.23. The van der Waals surface area contributed by atoms with Crippen molar-refractivity contribution in [3.05, 3.63) is 81.5 Å². The zero-order valence-corrected chi connectivity index (χ0v) is 16.6. The Balaban J connectivity index is 1.54. The average Bonchev–Trinajstić information content (AvgIpc) is 3.10. The first-order valence-electron chi connectivity index (χ1n) is 7.70. The van der Waals surface area contributed by atoms with Crippen molar-refractivity contribution in [1.82, 2.24) is 10.6 Å². The van der Waals surface area contributed by atoms with Crippen LogP contribution >= 0.6 is 39.7 Å². The molecule has 3 rings (SSSR count). The Morgan fingerprint density at radius 1 is 1.04 bits per heavy atom. The van der Waals surface area contributed by atoms with Crippen molar-refractivity contribution < 1.29 is 9.21 Å². The Labute approximate surface area is 169 Å². The van der Waals surface area contributed by atoms with E-state index in [0.717, 1.165) is 15.8 Å². The maximum absolute atomic E-state index is 12.1. The second-order valence-electron chi connectivity index (χ2n) is 5.42. The summed E-state index contributed by atoms with van der Waals surface area (Å²) in [6, 6.07) is 18.2. The van der Waals surface area contributed by atoms with Gasteiger partial charge in [0.2, 0.25) is 0 Å². The summed E-state index contributed by atoms with van der Waals surface area (Å²) in [6.07, 6.45) is 0. The third-order valence-corrected chi connectivity index (χ3v) is 4.57. The van der Waals surface area contributed by atoms with Crippen LogP contribution in [0, 0.1) is 0 Å². The molecule has 0 spiro atoms. The van der Waals surface area contributed by atoms with Crippen LogP contribution in [0.5, 0.6) is 0 Å². The number of benzene rings is 2. The fourth-order valence-corrected chi connectivity index (χ4v) is 2.79. The zero-order valence-electron chi connectivity index (χ0n) is 13.5. The third kappa shape index (κ3) is 4.94. The highest BCUT2D eigenvalue weighted by Crippen LogP contribution is 2.23. The number of hydrogen-bond acceptors (Lipinski definition) is 3. The second-order valence-corrected chi connectivity index (χ2v) is 7.18. The monoisotopic (exact) mass is 448 g/mol. The summed E-state index contributed by atoms with van der Waals surface area (Å²) in [5.41, 5.74) is 1.46. The summed E-state index contributed by atoms with van der Waals surface area (Å²) >= 11 is 14.4. The summed E-state index contributed by atoms with van der Waals surface area (Å²) in [4.78, 5) is 12.1. The van der Waals surface area contributed by atoms with E-state index in [0.29, 0.717) is 22.9 Å². The molecule has 0 bridgehead atoms. The molecule has 1 heterocycles. The molecule has 0 aliphatic carbocycles. The normalized spacial score (nSPS) is 10.4. The number of thiocarbonyl (C=S) groups is 1. The Morgan fingerprint density at radius 3 is 2.42 bits per heavy atom. The first-order valence-corrected chi connectivity index (χ1v) is 9.28. The minimum absolute atomic E-state index is 0.228. The lowest BCUT2D eigenvalue weighted by atomic mass is 10.2. The smallest absolute Gasteiger partial charge is 0.257 e. The van der Waals surface area contributed by atoms with Crippen molar-refractivity contribution in [2.75, 3.05) is 0 Å². The summed E-state index contributed by atoms with van der Waals surface area (Å²) < 4.78 is 6.81. The van der Waals surface area contributed by atoms with Gasteiger partial charge in [-0.25, -0.2) is 0 Å². The molecule has 2 aromatic carbocycles. The molecule has 132 valence electrons. The quantitative estimate of drug-likeness (QED) is 0.540. The van der Waals surface area contributed by atoms with E-state index >= 15 is 0 Å². The second kappa shape index (κ2) is 8.49. The van der Waals surface area contributed by atoms with E-state index < -0.39 is 0 Å². The highest BCUT2D eigenvalue weighted by atomic mass is 79.9. The van der Waals surface area contributed by atoms with Gasteiger partial charge in [-0.2, -0.15) is 0 Å². The highest BCUT2D eigenvalue weighted by Gasteiger charge is 2.09. The predicted octanol–water partition coefficient (Wildman–Crippen LogP) is 5.17. The number of furan rings is 1. The highest BCUT2D eigenvalue weighted by molar-refractivity contribution is 9.10. The first kappa shape index (κ1) is 18.6. The van der Waals surface area contributed by atoms with Crippen LogP contribution in [0.15, 0.2) is 69.6 Å². The number of rotatable bonds is 4. The molecule has 0 saturated carbocycles. The van der Waals surface area contributed by atoms with Gasteiger partial charge in [-0.1, -0.05) is 39.7 Å². The maximum Gasteiger partial charge on any atom is 0.257 e. The molecule has 3 aromatic rings. The topological polar surface area (TPSA) is 54.3 Å². The van der Waals surface area contributed by atoms with Gasteiger partial charge in [0.05, 0.1) is 6.54 Å². The van der Waals surface area contributed by atoms with Gasteiger partial charge in [-0.05, 0) is 60.7 Å². The molecular formula is C19H14BrClN2O2S. The van der Waals surface area contributed by atoms with Gasteiger partial charge >= 0.3 is 0 Å². The van der Waals surface area contributed by atoms with Crippen molar-refractivity contribution >= 4 is 50.8 Å². The van der Waals surface area contributed by atoms with E-state index in [-0.39, 0.29) is 11.0 Å². The van der Waals surface area contributed by atoms with Crippen molar-refractivity contribution in [3.8, 4) is 11.3 Å². The standard InChI is InChI=1S/C19H14BrClN2O2S/c20-14-5-1-12(2-6-14)17-10-9-16(25-17)11-22-19(26)23-18(24)13-3-7-15(21)8-4-13/h1-10H,11H2,(H2,22,23,24,26). The van der Waals surface area contributed by atoms with Crippen molar-refractivity contribution in [1.29, 1.82) is 0 Å². The minimum Gasteiger partial charge on any atom is -0.459 e. The Hall–Kier alpha value is -2.15. The first-order chi connectivity index (χ1) is 12.5. The van der Waals surface area contributed by atoms with Crippen molar-refractivity contribution in [2.45, 2.75) is 6.54 Å². The van der Waals surface area contributed by atoms with Crippen LogP contribution in [0.1, 0.15) is 16.1 Å². The van der Waals surface area contributed by atoms with Crippen LogP contribution in [0.2, 0.25) is 5.02 Å². The third-order valence-electron chi connectivity index (χ3n) is 3.55. The van der Waals surface area contributed by atoms with E-state index in [4.69, 9.17) is 28.2 Å². The van der Waals surface area contributed by atoms with Crippen LogP contribution in [0.3, 0.4) is 0 Å². The molecule has 1 amide bonds. The fraction of sp³-hybridized carbons (Fsp3) is 0.0526. The Bertz CT molecular complexity index is 923. The van der Waals surface area contributed by atoms with Crippen molar-refractivity contribution in [3.63, 3.8) is 0 Å². The summed E-state index contributed by atoms with van der Waals surface area (Å²) in [7, 11) is 0. The van der Waals surface area contributed by atoms with Gasteiger partial charge in [0.1, 0.15) is 11.5 Å². The molecular weight excluding hydrogens is 436 g/mol. The lowest BCUT2D eigenvalue weighted by Gasteiger charge is -2.08. The molecule has 1 aromatic heterocycles. The van der Waals surface area contributed by atoms with Crippen LogP contribution in [0.4, 0.5) is 0 Å². The van der Waals surface area contributed by atoms with E-state index in [1.54, 1.807) is 24.3 Å². The predicted molar refractivity (Wildman–Crippen MR) is 110 cm³/mol. The number of amides is 1. The van der Waals surface area contributed by atoms with Crippen LogP contribution in [-0.2, 0) is 6.54 Å². The lowest BCUT2D eigenvalue weighted by Crippen LogP contribution is -2.38. The Kier molecular flexibility index (Phi) is 6.08. The van der Waals surface area contributed by atoms with E-state index in [1.165, 1.54) is 0 Å². The molecule has 2 N–H and O–H groups in total. The van der Waals surface area contributed by atoms with Gasteiger partial charge in [-0.15, -0.1) is 0 Å². The zero-order chi connectivity index (χ0) is 18.5. The molecule has 0 radical (unpaired) electrons. The molecule has 0 fully saturated rings. The summed E-state index contributed by atoms with van der Waals surface area (Å²) in [6.45, 7) is 0.371. The average molecular weight is 450 g/mol. The number of hydrogen-bond donors (Lipinski definition) is 2. The molecule has 0 unspecified atom stereocenters. The largest absolute Gasteiger partial charge is 0.459 e. The number of carbonyl (C=O) groups excluding carboxylic acids is 1. The molecule has 0 saturated heterocycles. The molecule has 26 heavy (non-hydrogen) atoms. The summed E-state index contributed by atoms with van der Waals surface area (Å²) in [5, 5.41) is 6.38. The van der Waals surface area contributed by atoms with Crippen LogP contribution in [0.25, 0.3) is 11.3 Å². The summed E-state index contributed by atoms with van der Waals surface area (Å²) in [5.74, 6) is 1.19. The van der Waals surface area contributed by atoms with Gasteiger partial charge in [0.25, 0.3) is 5.91 Å². The molecule has 0 aliphatic heterocycles. The van der Waals surface area contributed by atoms with Gasteiger partial charge in [-0.3, -0.25) is 10.1 Å². The maximum atomic E-state index is 12.1. The molecule has 0 aliphatic rings. The van der Waals surface area contributed by atoms with Gasteiger partial charge < -0.3 is 9.73 Å². The SMILES string of the molecule is O=C(NC(=S)NCc1ccc(-c2ccc(Br)cc2)o1)c1ccc(Cl)cc1. The number of nitrogens with one attached hydrogen (secondary N) is 2. The number of carbonyl (C=O) groups is 1. The van der Waals surface area contributed by atoms with Gasteiger partial charge in [0, 0.05) is 20.6 Å². The minimum atomic E-state index is -0.297. The lowest BCUT2D eigenvalue weighted by molar-refractivity contribution is 0.0976. The number of halogens is 2.